The summed E-state index contributed by atoms with van der Waals surface area (Å²) in [4.78, 5) is 22.0. The first kappa shape index (κ1) is 15.2. The highest BCUT2D eigenvalue weighted by atomic mass is 16.5. The highest BCUT2D eigenvalue weighted by Crippen LogP contribution is 2.28. The molecule has 2 N–H and O–H groups in total. The Morgan fingerprint density at radius 1 is 1.16 bits per heavy atom. The standard InChI is InChI=1S/C18H16N6O/c1-25-18-13(19)8-12(9-21-18)14-2-3-15-17(24-14)16(23-10-22-15)11-4-6-20-7-5-11/h2-4,7-10H,5-6,19H2,1H3. The predicted molar refractivity (Wildman–Crippen MR) is 97.5 cm³/mol. The number of anilines is 1. The predicted octanol–water partition coefficient (Wildman–Crippen LogP) is 2.54. The molecule has 25 heavy (non-hydrogen) atoms. The molecule has 1 aliphatic heterocycles. The Morgan fingerprint density at radius 3 is 2.84 bits per heavy atom. The van der Waals surface area contributed by atoms with Gasteiger partial charge in [-0.15, -0.1) is 0 Å². The number of allylic oxidation sites excluding steroid dienone is 1. The summed E-state index contributed by atoms with van der Waals surface area (Å²) < 4.78 is 5.11. The lowest BCUT2D eigenvalue weighted by atomic mass is 10.0. The van der Waals surface area contributed by atoms with Gasteiger partial charge in [0.25, 0.3) is 0 Å². The van der Waals surface area contributed by atoms with E-state index in [4.69, 9.17) is 15.5 Å². The highest BCUT2D eigenvalue weighted by Gasteiger charge is 2.13. The Labute approximate surface area is 144 Å². The fourth-order valence-electron chi connectivity index (χ4n) is 2.79. The monoisotopic (exact) mass is 332 g/mol. The third-order valence-corrected chi connectivity index (χ3v) is 4.04. The molecule has 1 aliphatic rings. The molecule has 0 fully saturated rings. The number of pyridine rings is 2. The fraction of sp³-hybridized carbons (Fsp3) is 0.167. The van der Waals surface area contributed by atoms with Crippen molar-refractivity contribution < 1.29 is 4.74 Å². The van der Waals surface area contributed by atoms with E-state index < -0.39 is 0 Å². The van der Waals surface area contributed by atoms with Crippen molar-refractivity contribution in [1.29, 1.82) is 0 Å². The number of aromatic nitrogens is 4. The lowest BCUT2D eigenvalue weighted by molar-refractivity contribution is 0.400. The van der Waals surface area contributed by atoms with Gasteiger partial charge in [-0.2, -0.15) is 0 Å². The van der Waals surface area contributed by atoms with Gasteiger partial charge in [-0.1, -0.05) is 6.08 Å². The van der Waals surface area contributed by atoms with Gasteiger partial charge >= 0.3 is 0 Å². The largest absolute Gasteiger partial charge is 0.480 e. The Kier molecular flexibility index (Phi) is 3.81. The van der Waals surface area contributed by atoms with E-state index in [0.29, 0.717) is 18.1 Å². The van der Waals surface area contributed by atoms with Crippen molar-refractivity contribution in [3.8, 4) is 17.1 Å². The molecule has 124 valence electrons. The lowest BCUT2D eigenvalue weighted by Gasteiger charge is -2.11. The summed E-state index contributed by atoms with van der Waals surface area (Å²) >= 11 is 0. The molecule has 0 aliphatic carbocycles. The van der Waals surface area contributed by atoms with E-state index >= 15 is 0 Å². The third kappa shape index (κ3) is 2.80. The molecule has 3 aromatic heterocycles. The minimum atomic E-state index is 0.403. The summed E-state index contributed by atoms with van der Waals surface area (Å²) in [5, 5.41) is 0. The van der Waals surface area contributed by atoms with E-state index in [-0.39, 0.29) is 0 Å². The molecule has 0 atom stereocenters. The maximum atomic E-state index is 5.97. The average molecular weight is 332 g/mol. The van der Waals surface area contributed by atoms with Gasteiger partial charge in [0.15, 0.2) is 0 Å². The minimum Gasteiger partial charge on any atom is -0.480 e. The SMILES string of the molecule is COc1ncc(-c2ccc3ncnc(C4=CCN=CC4)c3n2)cc1N. The zero-order chi connectivity index (χ0) is 17.2. The van der Waals surface area contributed by atoms with E-state index in [1.807, 2.05) is 18.3 Å². The van der Waals surface area contributed by atoms with Gasteiger partial charge in [0.1, 0.15) is 11.8 Å². The molecule has 0 unspecified atom stereocenters. The van der Waals surface area contributed by atoms with Crippen LogP contribution in [0.25, 0.3) is 27.9 Å². The maximum Gasteiger partial charge on any atom is 0.236 e. The van der Waals surface area contributed by atoms with Crippen LogP contribution < -0.4 is 10.5 Å². The second-order valence-electron chi connectivity index (χ2n) is 5.59. The average Bonchev–Trinajstić information content (AvgIpc) is 2.67. The van der Waals surface area contributed by atoms with Crippen LogP contribution in [0.15, 0.2) is 41.8 Å². The molecule has 4 heterocycles. The number of dihydropyridines is 1. The number of methoxy groups -OCH3 is 1. The van der Waals surface area contributed by atoms with E-state index in [1.165, 1.54) is 7.11 Å². The number of nitrogen functional groups attached to an aromatic ring is 1. The number of rotatable bonds is 3. The minimum absolute atomic E-state index is 0.403. The van der Waals surface area contributed by atoms with Gasteiger partial charge in [-0.05, 0) is 23.8 Å². The fourth-order valence-corrected chi connectivity index (χ4v) is 2.79. The molecule has 0 saturated carbocycles. The number of nitrogens with zero attached hydrogens (tertiary/aromatic N) is 5. The van der Waals surface area contributed by atoms with Gasteiger partial charge in [0, 0.05) is 24.4 Å². The van der Waals surface area contributed by atoms with Crippen LogP contribution in [-0.4, -0.2) is 39.8 Å². The number of hydrogen-bond acceptors (Lipinski definition) is 7. The molecule has 0 amide bonds. The second-order valence-corrected chi connectivity index (χ2v) is 5.59. The number of aliphatic imine (C=N–C) groups is 1. The number of hydrogen-bond donors (Lipinski definition) is 1. The lowest BCUT2D eigenvalue weighted by Crippen LogP contribution is -2.01. The van der Waals surface area contributed by atoms with E-state index in [9.17, 15) is 0 Å². The third-order valence-electron chi connectivity index (χ3n) is 4.04. The van der Waals surface area contributed by atoms with Crippen LogP contribution in [0.4, 0.5) is 5.69 Å². The van der Waals surface area contributed by atoms with Crippen molar-refractivity contribution in [1.82, 2.24) is 19.9 Å². The molecule has 7 heteroatoms. The first-order chi connectivity index (χ1) is 12.3. The van der Waals surface area contributed by atoms with Crippen LogP contribution in [0.1, 0.15) is 12.1 Å². The van der Waals surface area contributed by atoms with Gasteiger partial charge < -0.3 is 10.5 Å². The smallest absolute Gasteiger partial charge is 0.236 e. The zero-order valence-electron chi connectivity index (χ0n) is 13.7. The summed E-state index contributed by atoms with van der Waals surface area (Å²) in [7, 11) is 1.54. The molecular formula is C18H16N6O. The molecule has 0 spiro atoms. The first-order valence-corrected chi connectivity index (χ1v) is 7.85. The van der Waals surface area contributed by atoms with Crippen LogP contribution in [0.3, 0.4) is 0 Å². The molecular weight excluding hydrogens is 316 g/mol. The van der Waals surface area contributed by atoms with Crippen LogP contribution in [0, 0.1) is 0 Å². The molecule has 0 radical (unpaired) electrons. The van der Waals surface area contributed by atoms with Crippen molar-refractivity contribution in [2.75, 3.05) is 19.4 Å². The van der Waals surface area contributed by atoms with Crippen molar-refractivity contribution in [2.24, 2.45) is 4.99 Å². The number of ether oxygens (including phenoxy) is 1. The molecule has 3 aromatic rings. The van der Waals surface area contributed by atoms with Gasteiger partial charge in [0.05, 0.1) is 36.2 Å². The molecule has 0 bridgehead atoms. The van der Waals surface area contributed by atoms with E-state index in [0.717, 1.165) is 40.0 Å². The molecule has 0 aromatic carbocycles. The van der Waals surface area contributed by atoms with Crippen molar-refractivity contribution in [2.45, 2.75) is 6.42 Å². The number of nitrogens with two attached hydrogens (primary N) is 1. The van der Waals surface area contributed by atoms with Gasteiger partial charge in [-0.25, -0.2) is 19.9 Å². The van der Waals surface area contributed by atoms with Crippen molar-refractivity contribution in [3.05, 3.63) is 42.5 Å². The normalized spacial score (nSPS) is 13.7. The Morgan fingerprint density at radius 2 is 2.08 bits per heavy atom. The molecule has 0 saturated heterocycles. The molecule has 4 rings (SSSR count). The van der Waals surface area contributed by atoms with Crippen molar-refractivity contribution >= 4 is 28.5 Å². The van der Waals surface area contributed by atoms with Gasteiger partial charge in [0.2, 0.25) is 5.88 Å². The summed E-state index contributed by atoms with van der Waals surface area (Å²) in [6, 6.07) is 5.63. The summed E-state index contributed by atoms with van der Waals surface area (Å²) in [5.41, 5.74) is 11.5. The van der Waals surface area contributed by atoms with Crippen LogP contribution >= 0.6 is 0 Å². The second kappa shape index (κ2) is 6.27. The zero-order valence-corrected chi connectivity index (χ0v) is 13.7. The Bertz CT molecular complexity index is 1010. The summed E-state index contributed by atoms with van der Waals surface area (Å²) in [5.74, 6) is 0.403. The topological polar surface area (TPSA) is 99.2 Å². The van der Waals surface area contributed by atoms with Crippen LogP contribution in [0.5, 0.6) is 5.88 Å². The Balaban J connectivity index is 1.84. The molecule has 7 nitrogen and oxygen atoms in total. The highest BCUT2D eigenvalue weighted by molar-refractivity contribution is 5.92. The first-order valence-electron chi connectivity index (χ1n) is 7.85. The van der Waals surface area contributed by atoms with Crippen LogP contribution in [0.2, 0.25) is 0 Å². The van der Waals surface area contributed by atoms with Crippen LogP contribution in [-0.2, 0) is 0 Å². The maximum absolute atomic E-state index is 5.97. The Hall–Kier alpha value is -3.35. The quantitative estimate of drug-likeness (QED) is 0.791. The van der Waals surface area contributed by atoms with E-state index in [2.05, 4.69) is 26.0 Å². The van der Waals surface area contributed by atoms with E-state index in [1.54, 1.807) is 18.6 Å². The summed E-state index contributed by atoms with van der Waals surface area (Å²) in [6.07, 6.45) is 7.98. The van der Waals surface area contributed by atoms with Gasteiger partial charge in [-0.3, -0.25) is 4.99 Å². The number of fused-ring (bicyclic) bond motifs is 1. The summed E-state index contributed by atoms with van der Waals surface area (Å²) in [6.45, 7) is 0.666. The van der Waals surface area contributed by atoms with Crippen molar-refractivity contribution in [3.63, 3.8) is 0 Å².